The van der Waals surface area contributed by atoms with Gasteiger partial charge in [-0.1, -0.05) is 47.5 Å². The predicted octanol–water partition coefficient (Wildman–Crippen LogP) is 4.66. The van der Waals surface area contributed by atoms with Crippen LogP contribution in [0.5, 0.6) is 11.5 Å². The Morgan fingerprint density at radius 2 is 1.56 bits per heavy atom. The summed E-state index contributed by atoms with van der Waals surface area (Å²) in [6.07, 6.45) is 0. The van der Waals surface area contributed by atoms with Gasteiger partial charge in [0.05, 0.1) is 22.7 Å². The van der Waals surface area contributed by atoms with Crippen LogP contribution in [0.15, 0.2) is 53.4 Å². The second-order valence-corrected chi connectivity index (χ2v) is 7.62. The van der Waals surface area contributed by atoms with Crippen molar-refractivity contribution in [1.82, 2.24) is 0 Å². The van der Waals surface area contributed by atoms with Gasteiger partial charge in [0.2, 0.25) is 0 Å². The topological polar surface area (TPSA) is 75.6 Å². The van der Waals surface area contributed by atoms with E-state index in [4.69, 9.17) is 27.9 Å². The molecule has 25 heavy (non-hydrogen) atoms. The monoisotopic (exact) mass is 397 g/mol. The average Bonchev–Trinajstić information content (AvgIpc) is 2.63. The highest BCUT2D eigenvalue weighted by molar-refractivity contribution is 7.92. The Hall–Kier alpha value is -2.15. The first-order chi connectivity index (χ1) is 11.8. The Labute approximate surface area is 154 Å². The quantitative estimate of drug-likeness (QED) is 0.627. The normalized spacial score (nSPS) is 11.5. The zero-order valence-corrected chi connectivity index (χ0v) is 15.3. The van der Waals surface area contributed by atoms with Crippen LogP contribution < -0.4 is 9.46 Å². The molecule has 0 aliphatic rings. The minimum absolute atomic E-state index is 0.0395. The lowest BCUT2D eigenvalue weighted by Crippen LogP contribution is -2.13. The van der Waals surface area contributed by atoms with Gasteiger partial charge < -0.3 is 9.84 Å². The van der Waals surface area contributed by atoms with Gasteiger partial charge in [0, 0.05) is 10.8 Å². The molecule has 0 bridgehead atoms. The molecular weight excluding hydrogens is 385 g/mol. The lowest BCUT2D eigenvalue weighted by atomic mass is 10.1. The van der Waals surface area contributed by atoms with E-state index in [1.54, 1.807) is 24.3 Å². The number of hydrogen-bond donors (Lipinski definition) is 2. The third kappa shape index (κ3) is 3.20. The van der Waals surface area contributed by atoms with E-state index in [-0.39, 0.29) is 26.4 Å². The molecule has 0 atom stereocenters. The van der Waals surface area contributed by atoms with Gasteiger partial charge in [-0.15, -0.1) is 0 Å². The van der Waals surface area contributed by atoms with E-state index in [2.05, 4.69) is 4.72 Å². The SMILES string of the molecule is COc1ccc(S(=O)(=O)Nc2c(Cl)c(Cl)c(O)c3ccccc23)cc1. The maximum absolute atomic E-state index is 12.7. The summed E-state index contributed by atoms with van der Waals surface area (Å²) in [5.74, 6) is 0.338. The molecule has 0 saturated carbocycles. The maximum Gasteiger partial charge on any atom is 0.261 e. The number of aromatic hydroxyl groups is 1. The molecule has 130 valence electrons. The van der Waals surface area contributed by atoms with E-state index < -0.39 is 10.0 Å². The van der Waals surface area contributed by atoms with Gasteiger partial charge in [0.1, 0.15) is 16.5 Å². The van der Waals surface area contributed by atoms with Crippen molar-refractivity contribution < 1.29 is 18.3 Å². The van der Waals surface area contributed by atoms with Gasteiger partial charge in [0.25, 0.3) is 10.0 Å². The number of methoxy groups -OCH3 is 1. The number of halogens is 2. The zero-order chi connectivity index (χ0) is 18.2. The molecule has 0 aliphatic carbocycles. The van der Waals surface area contributed by atoms with E-state index in [0.717, 1.165) is 0 Å². The summed E-state index contributed by atoms with van der Waals surface area (Å²) in [5.41, 5.74) is 0.107. The van der Waals surface area contributed by atoms with Crippen molar-refractivity contribution in [3.8, 4) is 11.5 Å². The number of fused-ring (bicyclic) bond motifs is 1. The molecule has 0 radical (unpaired) electrons. The molecule has 0 aliphatic heterocycles. The molecule has 0 unspecified atom stereocenters. The molecule has 5 nitrogen and oxygen atoms in total. The molecule has 2 N–H and O–H groups in total. The third-order valence-electron chi connectivity index (χ3n) is 3.68. The van der Waals surface area contributed by atoms with Gasteiger partial charge in [-0.05, 0) is 24.3 Å². The molecule has 3 aromatic rings. The van der Waals surface area contributed by atoms with Gasteiger partial charge in [0.15, 0.2) is 0 Å². The lowest BCUT2D eigenvalue weighted by molar-refractivity contribution is 0.414. The summed E-state index contributed by atoms with van der Waals surface area (Å²) in [5, 5.41) is 10.8. The number of hydrogen-bond acceptors (Lipinski definition) is 4. The van der Waals surface area contributed by atoms with Crippen LogP contribution in [0.4, 0.5) is 5.69 Å². The van der Waals surface area contributed by atoms with E-state index in [9.17, 15) is 13.5 Å². The van der Waals surface area contributed by atoms with Crippen molar-refractivity contribution >= 4 is 49.7 Å². The Kier molecular flexibility index (Phi) is 4.69. The van der Waals surface area contributed by atoms with E-state index in [1.165, 1.54) is 31.4 Å². The fourth-order valence-corrected chi connectivity index (χ4v) is 3.99. The molecule has 0 aromatic heterocycles. The highest BCUT2D eigenvalue weighted by atomic mass is 35.5. The second-order valence-electron chi connectivity index (χ2n) is 5.18. The van der Waals surface area contributed by atoms with Crippen LogP contribution in [0.2, 0.25) is 10.0 Å². The maximum atomic E-state index is 12.7. The highest BCUT2D eigenvalue weighted by Gasteiger charge is 2.22. The number of sulfonamides is 1. The Morgan fingerprint density at radius 1 is 0.960 bits per heavy atom. The van der Waals surface area contributed by atoms with Crippen LogP contribution in [0.1, 0.15) is 0 Å². The van der Waals surface area contributed by atoms with E-state index >= 15 is 0 Å². The Balaban J connectivity index is 2.13. The minimum Gasteiger partial charge on any atom is -0.506 e. The molecule has 0 saturated heterocycles. The number of phenols is 1. The average molecular weight is 398 g/mol. The summed E-state index contributed by atoms with van der Waals surface area (Å²) < 4.78 is 32.8. The van der Waals surface area contributed by atoms with Crippen LogP contribution >= 0.6 is 23.2 Å². The third-order valence-corrected chi connectivity index (χ3v) is 5.89. The number of phenolic OH excluding ortho intramolecular Hbond substituents is 1. The van der Waals surface area contributed by atoms with E-state index in [0.29, 0.717) is 16.5 Å². The van der Waals surface area contributed by atoms with Gasteiger partial charge in [-0.25, -0.2) is 8.42 Å². The minimum atomic E-state index is -3.91. The molecule has 0 fully saturated rings. The zero-order valence-electron chi connectivity index (χ0n) is 13.0. The molecule has 0 spiro atoms. The van der Waals surface area contributed by atoms with Crippen molar-refractivity contribution in [2.24, 2.45) is 0 Å². The summed E-state index contributed by atoms with van der Waals surface area (Å²) in [6.45, 7) is 0. The largest absolute Gasteiger partial charge is 0.506 e. The Bertz CT molecular complexity index is 1050. The summed E-state index contributed by atoms with van der Waals surface area (Å²) in [7, 11) is -2.42. The number of nitrogens with one attached hydrogen (secondary N) is 1. The summed E-state index contributed by atoms with van der Waals surface area (Å²) >= 11 is 12.2. The number of anilines is 1. The standard InChI is InChI=1S/C17H13Cl2NO4S/c1-24-10-6-8-11(9-7-10)25(22,23)20-16-12-4-2-3-5-13(12)17(21)15(19)14(16)18/h2-9,20-21H,1H3. The number of ether oxygens (including phenoxy) is 1. The van der Waals surface area contributed by atoms with Crippen LogP contribution in [-0.2, 0) is 10.0 Å². The number of rotatable bonds is 4. The van der Waals surface area contributed by atoms with Crippen molar-refractivity contribution in [2.75, 3.05) is 11.8 Å². The predicted molar refractivity (Wildman–Crippen MR) is 99.4 cm³/mol. The molecule has 0 heterocycles. The first-order valence-corrected chi connectivity index (χ1v) is 9.34. The van der Waals surface area contributed by atoms with Crippen LogP contribution in [0.3, 0.4) is 0 Å². The van der Waals surface area contributed by atoms with Gasteiger partial charge in [-0.2, -0.15) is 0 Å². The van der Waals surface area contributed by atoms with E-state index in [1.807, 2.05) is 0 Å². The smallest absolute Gasteiger partial charge is 0.261 e. The Morgan fingerprint density at radius 3 is 2.16 bits per heavy atom. The molecule has 8 heteroatoms. The summed E-state index contributed by atoms with van der Waals surface area (Å²) in [6, 6.07) is 12.6. The first-order valence-electron chi connectivity index (χ1n) is 7.10. The van der Waals surface area contributed by atoms with Gasteiger partial charge in [-0.3, -0.25) is 4.72 Å². The van der Waals surface area contributed by atoms with Crippen LogP contribution in [0.25, 0.3) is 10.8 Å². The lowest BCUT2D eigenvalue weighted by Gasteiger charge is -2.15. The molecular formula is C17H13Cl2NO4S. The molecule has 0 amide bonds. The molecule has 3 aromatic carbocycles. The fourth-order valence-electron chi connectivity index (χ4n) is 2.41. The first kappa shape index (κ1) is 17.7. The highest BCUT2D eigenvalue weighted by Crippen LogP contribution is 2.45. The van der Waals surface area contributed by atoms with Crippen LogP contribution in [0, 0.1) is 0 Å². The van der Waals surface area contributed by atoms with Crippen molar-refractivity contribution in [3.63, 3.8) is 0 Å². The van der Waals surface area contributed by atoms with Crippen molar-refractivity contribution in [2.45, 2.75) is 4.90 Å². The van der Waals surface area contributed by atoms with Gasteiger partial charge >= 0.3 is 0 Å². The summed E-state index contributed by atoms with van der Waals surface area (Å²) in [4.78, 5) is 0.0395. The number of benzene rings is 3. The fraction of sp³-hybridized carbons (Fsp3) is 0.0588. The van der Waals surface area contributed by atoms with Crippen LogP contribution in [-0.4, -0.2) is 20.6 Å². The second kappa shape index (κ2) is 6.63. The van der Waals surface area contributed by atoms with Crippen molar-refractivity contribution in [3.05, 3.63) is 58.6 Å². The van der Waals surface area contributed by atoms with Crippen molar-refractivity contribution in [1.29, 1.82) is 0 Å². The molecule has 3 rings (SSSR count).